The summed E-state index contributed by atoms with van der Waals surface area (Å²) in [7, 11) is -0.978. The molecule has 1 N–H and O–H groups in total. The van der Waals surface area contributed by atoms with E-state index >= 15 is 0 Å². The van der Waals surface area contributed by atoms with E-state index in [9.17, 15) is 4.21 Å². The number of pyridine rings is 3. The van der Waals surface area contributed by atoms with E-state index in [0.29, 0.717) is 18.8 Å². The van der Waals surface area contributed by atoms with Crippen LogP contribution < -0.4 is 9.80 Å². The number of fused-ring (bicyclic) bond motifs is 1. The molecule has 0 radical (unpaired) electrons. The molecule has 0 amide bonds. The van der Waals surface area contributed by atoms with Gasteiger partial charge < -0.3 is 4.90 Å². The van der Waals surface area contributed by atoms with Crippen LogP contribution in [0.5, 0.6) is 0 Å². The number of benzene rings is 1. The van der Waals surface area contributed by atoms with Gasteiger partial charge in [-0.3, -0.25) is 19.1 Å². The maximum absolute atomic E-state index is 12.5. The van der Waals surface area contributed by atoms with Crippen molar-refractivity contribution in [3.63, 3.8) is 0 Å². The van der Waals surface area contributed by atoms with Gasteiger partial charge in [-0.1, -0.05) is 12.1 Å². The standard InChI is InChI=1S/C24H21N5OS/c30-31-15-14-28(22-9-1-2-10-23(22)31)24-19(6-3-13-27-24)18-29(20-7-4-11-25-16-20)21-8-5-12-26-17-21/h1-13,16-17H,14-15,18H2/p+1. The molecule has 6 nitrogen and oxygen atoms in total. The Balaban J connectivity index is 1.56. The van der Waals surface area contributed by atoms with E-state index < -0.39 is 10.8 Å². The fourth-order valence-electron chi connectivity index (χ4n) is 3.95. The van der Waals surface area contributed by atoms with E-state index in [2.05, 4.69) is 33.1 Å². The molecule has 1 aromatic carbocycles. The summed E-state index contributed by atoms with van der Waals surface area (Å²) in [5.41, 5.74) is 4.19. The Kier molecular flexibility index (Phi) is 5.52. The van der Waals surface area contributed by atoms with E-state index in [0.717, 1.165) is 38.2 Å². The molecule has 0 saturated heterocycles. The predicted molar refractivity (Wildman–Crippen MR) is 121 cm³/mol. The van der Waals surface area contributed by atoms with Crippen molar-refractivity contribution in [2.75, 3.05) is 17.2 Å². The molecule has 0 saturated carbocycles. The first-order valence-electron chi connectivity index (χ1n) is 10.2. The Morgan fingerprint density at radius 3 is 2.29 bits per heavy atom. The zero-order valence-corrected chi connectivity index (χ0v) is 17.7. The highest BCUT2D eigenvalue weighted by Gasteiger charge is 2.27. The van der Waals surface area contributed by atoms with E-state index in [1.54, 1.807) is 12.4 Å². The van der Waals surface area contributed by atoms with Crippen molar-refractivity contribution >= 4 is 33.7 Å². The summed E-state index contributed by atoms with van der Waals surface area (Å²) in [4.78, 5) is 17.6. The molecule has 1 aliphatic rings. The molecular formula is C24H22N5OS+. The average molecular weight is 429 g/mol. The Morgan fingerprint density at radius 1 is 0.871 bits per heavy atom. The minimum absolute atomic E-state index is 0.592. The number of anilines is 2. The molecule has 31 heavy (non-hydrogen) atoms. The Bertz CT molecular complexity index is 1160. The molecule has 4 aromatic rings. The highest BCUT2D eigenvalue weighted by molar-refractivity contribution is 7.85. The summed E-state index contributed by atoms with van der Waals surface area (Å²) >= 11 is 0. The van der Waals surface area contributed by atoms with Crippen LogP contribution in [0.1, 0.15) is 5.56 Å². The van der Waals surface area contributed by atoms with Crippen LogP contribution in [0, 0.1) is 0 Å². The van der Waals surface area contributed by atoms with Crippen LogP contribution in [0.15, 0.2) is 96.5 Å². The summed E-state index contributed by atoms with van der Waals surface area (Å²) in [5.74, 6) is 1.49. The second-order valence-corrected chi connectivity index (χ2v) is 8.83. The highest BCUT2D eigenvalue weighted by atomic mass is 32.2. The van der Waals surface area contributed by atoms with Gasteiger partial charge in [0.2, 0.25) is 0 Å². The van der Waals surface area contributed by atoms with Crippen LogP contribution in [0.2, 0.25) is 0 Å². The molecule has 0 spiro atoms. The topological polar surface area (TPSA) is 63.4 Å². The fourth-order valence-corrected chi connectivity index (χ4v) is 5.16. The van der Waals surface area contributed by atoms with Gasteiger partial charge in [-0.05, 0) is 36.4 Å². The SMILES string of the molecule is O=S1CCN(c2ncccc2C[NH+](c2cccnc2)c2cccnc2)c2ccccc21. The van der Waals surface area contributed by atoms with Crippen LogP contribution >= 0.6 is 0 Å². The Hall–Kier alpha value is -3.42. The quantitative estimate of drug-likeness (QED) is 0.529. The number of hydrogen-bond acceptors (Lipinski definition) is 5. The van der Waals surface area contributed by atoms with Gasteiger partial charge in [0.15, 0.2) is 11.4 Å². The van der Waals surface area contributed by atoms with Crippen LogP contribution in [0.25, 0.3) is 0 Å². The molecule has 4 heterocycles. The van der Waals surface area contributed by atoms with Gasteiger partial charge in [-0.15, -0.1) is 0 Å². The number of rotatable bonds is 5. The number of nitrogens with one attached hydrogen (secondary N) is 1. The monoisotopic (exact) mass is 428 g/mol. The number of hydrogen-bond donors (Lipinski definition) is 1. The van der Waals surface area contributed by atoms with Gasteiger partial charge in [0.05, 0.1) is 33.8 Å². The summed E-state index contributed by atoms with van der Waals surface area (Å²) < 4.78 is 12.5. The largest absolute Gasteiger partial charge is 0.324 e. The maximum atomic E-state index is 12.5. The Labute approximate surface area is 183 Å². The van der Waals surface area contributed by atoms with Gasteiger partial charge in [-0.2, -0.15) is 0 Å². The number of para-hydroxylation sites is 1. The van der Waals surface area contributed by atoms with E-state index in [1.165, 1.54) is 0 Å². The van der Waals surface area contributed by atoms with Crippen molar-refractivity contribution in [1.29, 1.82) is 0 Å². The van der Waals surface area contributed by atoms with E-state index in [1.807, 2.05) is 61.1 Å². The average Bonchev–Trinajstić information content (AvgIpc) is 2.84. The van der Waals surface area contributed by atoms with Crippen molar-refractivity contribution < 1.29 is 9.11 Å². The van der Waals surface area contributed by atoms with Crippen LogP contribution in [-0.2, 0) is 17.3 Å². The van der Waals surface area contributed by atoms with Gasteiger partial charge >= 0.3 is 0 Å². The number of aromatic nitrogens is 3. The predicted octanol–water partition coefficient (Wildman–Crippen LogP) is 3.18. The molecule has 0 aliphatic carbocycles. The second-order valence-electron chi connectivity index (χ2n) is 7.29. The van der Waals surface area contributed by atoms with E-state index in [-0.39, 0.29) is 0 Å². The van der Waals surface area contributed by atoms with Crippen molar-refractivity contribution in [2.45, 2.75) is 11.4 Å². The summed E-state index contributed by atoms with van der Waals surface area (Å²) in [6, 6.07) is 20.0. The molecule has 3 aromatic heterocycles. The van der Waals surface area contributed by atoms with Gasteiger partial charge in [0, 0.05) is 48.6 Å². The van der Waals surface area contributed by atoms with Crippen molar-refractivity contribution in [3.8, 4) is 0 Å². The molecule has 1 unspecified atom stereocenters. The molecule has 154 valence electrons. The lowest BCUT2D eigenvalue weighted by molar-refractivity contribution is -0.776. The number of quaternary nitrogens is 1. The molecule has 0 fully saturated rings. The highest BCUT2D eigenvalue weighted by Crippen LogP contribution is 2.34. The second kappa shape index (κ2) is 8.75. The first-order chi connectivity index (χ1) is 15.3. The zero-order chi connectivity index (χ0) is 21.0. The first-order valence-corrected chi connectivity index (χ1v) is 11.5. The summed E-state index contributed by atoms with van der Waals surface area (Å²) in [6.07, 6.45) is 9.16. The third kappa shape index (κ3) is 3.97. The minimum atomic E-state index is -0.978. The minimum Gasteiger partial charge on any atom is -0.324 e. The summed E-state index contributed by atoms with van der Waals surface area (Å²) in [6.45, 7) is 1.35. The zero-order valence-electron chi connectivity index (χ0n) is 16.9. The van der Waals surface area contributed by atoms with Gasteiger partial charge in [-0.25, -0.2) is 4.98 Å². The molecule has 1 aliphatic heterocycles. The normalized spacial score (nSPS) is 15.6. The van der Waals surface area contributed by atoms with Crippen molar-refractivity contribution in [3.05, 3.63) is 97.2 Å². The van der Waals surface area contributed by atoms with Crippen LogP contribution in [0.3, 0.4) is 0 Å². The lowest BCUT2D eigenvalue weighted by Crippen LogP contribution is -3.00. The van der Waals surface area contributed by atoms with Crippen LogP contribution in [-0.4, -0.2) is 31.5 Å². The van der Waals surface area contributed by atoms with Gasteiger partial charge in [0.25, 0.3) is 0 Å². The van der Waals surface area contributed by atoms with Crippen molar-refractivity contribution in [1.82, 2.24) is 15.0 Å². The number of nitrogens with zero attached hydrogens (tertiary/aromatic N) is 4. The molecular weight excluding hydrogens is 406 g/mol. The first kappa shape index (κ1) is 19.5. The fraction of sp³-hybridized carbons (Fsp3) is 0.125. The van der Waals surface area contributed by atoms with Crippen molar-refractivity contribution in [2.24, 2.45) is 0 Å². The molecule has 0 bridgehead atoms. The molecule has 1 atom stereocenters. The Morgan fingerprint density at radius 2 is 1.58 bits per heavy atom. The van der Waals surface area contributed by atoms with Gasteiger partial charge in [0.1, 0.15) is 12.4 Å². The smallest absolute Gasteiger partial charge is 0.155 e. The lowest BCUT2D eigenvalue weighted by atomic mass is 10.1. The molecule has 7 heteroatoms. The van der Waals surface area contributed by atoms with E-state index in [4.69, 9.17) is 4.98 Å². The summed E-state index contributed by atoms with van der Waals surface area (Å²) in [5, 5.41) is 0. The maximum Gasteiger partial charge on any atom is 0.155 e. The third-order valence-corrected chi connectivity index (χ3v) is 6.80. The lowest BCUT2D eigenvalue weighted by Gasteiger charge is -2.31. The third-order valence-electron chi connectivity index (χ3n) is 5.41. The van der Waals surface area contributed by atoms with Crippen LogP contribution in [0.4, 0.5) is 22.9 Å². The molecule has 5 rings (SSSR count).